The van der Waals surface area contributed by atoms with Crippen LogP contribution in [0.15, 0.2) is 65.9 Å². The topological polar surface area (TPSA) is 25.2 Å². The van der Waals surface area contributed by atoms with Gasteiger partial charge in [-0.2, -0.15) is 0 Å². The molecule has 1 heterocycles. The summed E-state index contributed by atoms with van der Waals surface area (Å²) in [4.78, 5) is 8.58. The van der Waals surface area contributed by atoms with Crippen LogP contribution in [0.2, 0.25) is 0 Å². The normalized spacial score (nSPS) is 12.8. The third kappa shape index (κ3) is 3.21. The molecule has 0 radical (unpaired) electrons. The lowest BCUT2D eigenvalue weighted by molar-refractivity contribution is 0.719. The standard InChI is InChI=1S/C18H20N2/c1-18(2,16-9-5-4-6-10-16)17(19-3)12-11-15-8-7-13-20-14-15/h4-14H,1-3H3/b12-11+,19-17+. The van der Waals surface area contributed by atoms with Gasteiger partial charge in [0.25, 0.3) is 0 Å². The van der Waals surface area contributed by atoms with Gasteiger partial charge in [-0.1, -0.05) is 56.3 Å². The van der Waals surface area contributed by atoms with E-state index in [-0.39, 0.29) is 5.41 Å². The van der Waals surface area contributed by atoms with E-state index in [1.165, 1.54) is 5.56 Å². The number of nitrogens with zero attached hydrogens (tertiary/aromatic N) is 2. The predicted molar refractivity (Wildman–Crippen MR) is 86.1 cm³/mol. The first-order valence-electron chi connectivity index (χ1n) is 6.75. The van der Waals surface area contributed by atoms with Crippen molar-refractivity contribution in [2.75, 3.05) is 7.05 Å². The largest absolute Gasteiger partial charge is 0.292 e. The van der Waals surface area contributed by atoms with Crippen LogP contribution in [0.5, 0.6) is 0 Å². The Kier molecular flexibility index (Phi) is 4.46. The van der Waals surface area contributed by atoms with Crippen molar-refractivity contribution < 1.29 is 0 Å². The van der Waals surface area contributed by atoms with Gasteiger partial charge in [0.1, 0.15) is 0 Å². The Hall–Kier alpha value is -2.22. The fourth-order valence-corrected chi connectivity index (χ4v) is 2.21. The predicted octanol–water partition coefficient (Wildman–Crippen LogP) is 4.14. The molecular formula is C18H20N2. The van der Waals surface area contributed by atoms with Gasteiger partial charge in [-0.15, -0.1) is 0 Å². The summed E-state index contributed by atoms with van der Waals surface area (Å²) in [6.07, 6.45) is 7.75. The van der Waals surface area contributed by atoms with Gasteiger partial charge in [-0.25, -0.2) is 0 Å². The Bertz CT molecular complexity index is 596. The quantitative estimate of drug-likeness (QED) is 0.762. The van der Waals surface area contributed by atoms with E-state index in [0.29, 0.717) is 0 Å². The maximum atomic E-state index is 4.46. The van der Waals surface area contributed by atoms with Crippen LogP contribution in [-0.4, -0.2) is 17.7 Å². The van der Waals surface area contributed by atoms with E-state index in [1.54, 1.807) is 6.20 Å². The molecule has 0 atom stereocenters. The van der Waals surface area contributed by atoms with Crippen molar-refractivity contribution in [3.63, 3.8) is 0 Å². The Morgan fingerprint density at radius 3 is 2.45 bits per heavy atom. The van der Waals surface area contributed by atoms with E-state index in [2.05, 4.69) is 60.2 Å². The van der Waals surface area contributed by atoms with Crippen molar-refractivity contribution in [3.05, 3.63) is 72.1 Å². The fourth-order valence-electron chi connectivity index (χ4n) is 2.21. The second-order valence-electron chi connectivity index (χ2n) is 5.22. The molecule has 0 bridgehead atoms. The van der Waals surface area contributed by atoms with Gasteiger partial charge in [0.05, 0.1) is 0 Å². The fraction of sp³-hybridized carbons (Fsp3) is 0.222. The minimum atomic E-state index is -0.116. The molecule has 0 saturated heterocycles. The number of aromatic nitrogens is 1. The van der Waals surface area contributed by atoms with E-state index in [1.807, 2.05) is 31.4 Å². The van der Waals surface area contributed by atoms with Crippen LogP contribution < -0.4 is 0 Å². The molecule has 0 aliphatic carbocycles. The number of aliphatic imine (C=N–C) groups is 1. The highest BCUT2D eigenvalue weighted by molar-refractivity contribution is 6.05. The summed E-state index contributed by atoms with van der Waals surface area (Å²) in [5.41, 5.74) is 3.27. The number of allylic oxidation sites excluding steroid dienone is 1. The molecule has 2 nitrogen and oxygen atoms in total. The third-order valence-corrected chi connectivity index (χ3v) is 3.49. The van der Waals surface area contributed by atoms with E-state index in [9.17, 15) is 0 Å². The van der Waals surface area contributed by atoms with Crippen LogP contribution in [0.3, 0.4) is 0 Å². The lowest BCUT2D eigenvalue weighted by Gasteiger charge is -2.25. The minimum Gasteiger partial charge on any atom is -0.292 e. The minimum absolute atomic E-state index is 0.116. The highest BCUT2D eigenvalue weighted by atomic mass is 14.7. The summed E-state index contributed by atoms with van der Waals surface area (Å²) in [6.45, 7) is 4.39. The molecule has 102 valence electrons. The van der Waals surface area contributed by atoms with Gasteiger partial charge in [-0.3, -0.25) is 9.98 Å². The molecule has 0 aliphatic heterocycles. The van der Waals surface area contributed by atoms with Gasteiger partial charge < -0.3 is 0 Å². The summed E-state index contributed by atoms with van der Waals surface area (Å²) in [5, 5.41) is 0. The second kappa shape index (κ2) is 6.29. The highest BCUT2D eigenvalue weighted by Gasteiger charge is 2.24. The molecule has 1 aromatic carbocycles. The van der Waals surface area contributed by atoms with E-state index >= 15 is 0 Å². The zero-order chi connectivity index (χ0) is 14.4. The maximum absolute atomic E-state index is 4.46. The van der Waals surface area contributed by atoms with Crippen molar-refractivity contribution in [1.82, 2.24) is 4.98 Å². The van der Waals surface area contributed by atoms with Crippen molar-refractivity contribution in [3.8, 4) is 0 Å². The van der Waals surface area contributed by atoms with Gasteiger partial charge in [0, 0.05) is 30.6 Å². The van der Waals surface area contributed by atoms with Gasteiger partial charge in [0.2, 0.25) is 0 Å². The maximum Gasteiger partial charge on any atom is 0.0445 e. The molecule has 2 rings (SSSR count). The smallest absolute Gasteiger partial charge is 0.0445 e. The average Bonchev–Trinajstić information content (AvgIpc) is 2.49. The summed E-state index contributed by atoms with van der Waals surface area (Å²) in [5.74, 6) is 0. The monoisotopic (exact) mass is 264 g/mol. The van der Waals surface area contributed by atoms with E-state index < -0.39 is 0 Å². The van der Waals surface area contributed by atoms with Crippen LogP contribution in [-0.2, 0) is 5.41 Å². The summed E-state index contributed by atoms with van der Waals surface area (Å²) < 4.78 is 0. The molecular weight excluding hydrogens is 244 g/mol. The molecule has 0 unspecified atom stereocenters. The van der Waals surface area contributed by atoms with Gasteiger partial charge >= 0.3 is 0 Å². The molecule has 20 heavy (non-hydrogen) atoms. The van der Waals surface area contributed by atoms with Crippen LogP contribution in [0.1, 0.15) is 25.0 Å². The van der Waals surface area contributed by atoms with Crippen LogP contribution >= 0.6 is 0 Å². The Morgan fingerprint density at radius 2 is 1.85 bits per heavy atom. The number of rotatable bonds is 4. The molecule has 0 saturated carbocycles. The average molecular weight is 264 g/mol. The highest BCUT2D eigenvalue weighted by Crippen LogP contribution is 2.25. The number of benzene rings is 1. The molecule has 2 aromatic rings. The van der Waals surface area contributed by atoms with E-state index in [4.69, 9.17) is 0 Å². The van der Waals surface area contributed by atoms with Crippen molar-refractivity contribution in [1.29, 1.82) is 0 Å². The Labute approximate surface area is 120 Å². The zero-order valence-corrected chi connectivity index (χ0v) is 12.2. The Morgan fingerprint density at radius 1 is 1.10 bits per heavy atom. The van der Waals surface area contributed by atoms with Crippen LogP contribution in [0.4, 0.5) is 0 Å². The Balaban J connectivity index is 2.27. The van der Waals surface area contributed by atoms with Crippen molar-refractivity contribution in [2.45, 2.75) is 19.3 Å². The van der Waals surface area contributed by atoms with Gasteiger partial charge in [0.15, 0.2) is 0 Å². The molecule has 0 amide bonds. The van der Waals surface area contributed by atoms with Crippen molar-refractivity contribution in [2.24, 2.45) is 4.99 Å². The number of hydrogen-bond acceptors (Lipinski definition) is 2. The molecule has 0 aliphatic rings. The lowest BCUT2D eigenvalue weighted by Crippen LogP contribution is -2.27. The van der Waals surface area contributed by atoms with Crippen LogP contribution in [0.25, 0.3) is 6.08 Å². The van der Waals surface area contributed by atoms with Gasteiger partial charge in [-0.05, 0) is 23.3 Å². The van der Waals surface area contributed by atoms with Crippen LogP contribution in [0, 0.1) is 0 Å². The first-order valence-corrected chi connectivity index (χ1v) is 6.75. The molecule has 2 heteroatoms. The summed E-state index contributed by atoms with van der Waals surface area (Å²) >= 11 is 0. The lowest BCUT2D eigenvalue weighted by atomic mass is 9.79. The van der Waals surface area contributed by atoms with E-state index in [0.717, 1.165) is 11.3 Å². The number of pyridine rings is 1. The third-order valence-electron chi connectivity index (χ3n) is 3.49. The zero-order valence-electron chi connectivity index (χ0n) is 12.2. The molecule has 1 aromatic heterocycles. The first-order chi connectivity index (χ1) is 9.64. The van der Waals surface area contributed by atoms with Crippen molar-refractivity contribution >= 4 is 11.8 Å². The summed E-state index contributed by atoms with van der Waals surface area (Å²) in [6, 6.07) is 14.4. The molecule has 0 spiro atoms. The molecule has 0 N–H and O–H groups in total. The summed E-state index contributed by atoms with van der Waals surface area (Å²) in [7, 11) is 1.84. The molecule has 0 fully saturated rings. The number of hydrogen-bond donors (Lipinski definition) is 0. The second-order valence-corrected chi connectivity index (χ2v) is 5.22. The first kappa shape index (κ1) is 14.2. The SMILES string of the molecule is C/N=C(\C=C\c1cccnc1)C(C)(C)c1ccccc1.